The van der Waals surface area contributed by atoms with E-state index >= 15 is 0 Å². The van der Waals surface area contributed by atoms with Crippen molar-refractivity contribution in [2.24, 2.45) is 0 Å². The van der Waals surface area contributed by atoms with Gasteiger partial charge >= 0.3 is 0 Å². The number of hydrogen-bond acceptors (Lipinski definition) is 1. The van der Waals surface area contributed by atoms with Crippen LogP contribution in [-0.2, 0) is 25.7 Å². The van der Waals surface area contributed by atoms with Gasteiger partial charge in [0.05, 0.1) is 0 Å². The monoisotopic (exact) mass is 260 g/mol. The summed E-state index contributed by atoms with van der Waals surface area (Å²) in [6, 6.07) is 8.38. The van der Waals surface area contributed by atoms with Crippen molar-refractivity contribution in [1.82, 2.24) is 0 Å². The average molecular weight is 260 g/mol. The molecule has 0 saturated heterocycles. The van der Waals surface area contributed by atoms with Crippen molar-refractivity contribution in [3.05, 3.63) is 52.1 Å². The molecule has 2 aromatic rings. The van der Waals surface area contributed by atoms with Crippen LogP contribution in [0.1, 0.15) is 34.7 Å². The average Bonchev–Trinajstić information content (AvgIpc) is 2.44. The van der Waals surface area contributed by atoms with Crippen LogP contribution < -0.4 is 0 Å². The molecule has 0 radical (unpaired) electrons. The predicted molar refractivity (Wildman–Crippen MR) is 80.9 cm³/mol. The largest absolute Gasteiger partial charge is 0.508 e. The van der Waals surface area contributed by atoms with Crippen molar-refractivity contribution < 1.29 is 5.11 Å². The van der Waals surface area contributed by atoms with Gasteiger partial charge in [-0.2, -0.15) is 0 Å². The van der Waals surface area contributed by atoms with E-state index in [9.17, 15) is 5.11 Å². The lowest BCUT2D eigenvalue weighted by Crippen LogP contribution is -2.14. The molecule has 0 aliphatic heterocycles. The normalized spacial score (nSPS) is 14.2. The molecule has 0 unspecified atom stereocenters. The predicted octanol–water partition coefficient (Wildman–Crippen LogP) is 3.63. The summed E-state index contributed by atoms with van der Waals surface area (Å²) >= 11 is 0. The Morgan fingerprint density at radius 2 is 1.25 bits per heavy atom. The molecular formula is C19H16O. The Bertz CT molecular complexity index is 737. The molecule has 20 heavy (non-hydrogen) atoms. The Morgan fingerprint density at radius 3 is 1.70 bits per heavy atom. The summed E-state index contributed by atoms with van der Waals surface area (Å²) in [7, 11) is 0. The maximum Gasteiger partial charge on any atom is 0.116 e. The maximum atomic E-state index is 9.86. The highest BCUT2D eigenvalue weighted by atomic mass is 16.3. The topological polar surface area (TPSA) is 20.2 Å². The van der Waals surface area contributed by atoms with E-state index in [2.05, 4.69) is 24.0 Å². The zero-order valence-electron chi connectivity index (χ0n) is 11.6. The second-order valence-corrected chi connectivity index (χ2v) is 5.68. The van der Waals surface area contributed by atoms with Crippen LogP contribution in [0.3, 0.4) is 0 Å². The number of hydrogen-bond donors (Lipinski definition) is 1. The minimum Gasteiger partial charge on any atom is -0.508 e. The molecule has 1 nitrogen and oxygen atoms in total. The van der Waals surface area contributed by atoms with Gasteiger partial charge in [0.2, 0.25) is 0 Å². The summed E-state index contributed by atoms with van der Waals surface area (Å²) in [6.07, 6.45) is 4.15. The molecule has 1 heteroatoms. The van der Waals surface area contributed by atoms with E-state index in [1.165, 1.54) is 33.4 Å². The molecule has 2 aromatic carbocycles. The van der Waals surface area contributed by atoms with Crippen molar-refractivity contribution in [1.29, 1.82) is 0 Å². The van der Waals surface area contributed by atoms with Gasteiger partial charge < -0.3 is 5.11 Å². The van der Waals surface area contributed by atoms with Crippen LogP contribution in [-0.4, -0.2) is 5.11 Å². The Balaban J connectivity index is 2.03. The summed E-state index contributed by atoms with van der Waals surface area (Å²) in [5.74, 6) is 6.61. The molecule has 98 valence electrons. The Hall–Kier alpha value is -2.20. The number of aromatic hydroxyl groups is 1. The minimum absolute atomic E-state index is 0.416. The van der Waals surface area contributed by atoms with Crippen molar-refractivity contribution in [3.63, 3.8) is 0 Å². The zero-order chi connectivity index (χ0) is 13.7. The fourth-order valence-electron chi connectivity index (χ4n) is 3.70. The Kier molecular flexibility index (Phi) is 2.41. The highest BCUT2D eigenvalue weighted by molar-refractivity contribution is 5.82. The molecule has 0 bridgehead atoms. The van der Waals surface area contributed by atoms with Gasteiger partial charge in [0.25, 0.3) is 0 Å². The van der Waals surface area contributed by atoms with E-state index in [1.54, 1.807) is 0 Å². The molecule has 0 amide bonds. The third-order valence-corrected chi connectivity index (χ3v) is 4.43. The molecular weight excluding hydrogens is 244 g/mol. The first kappa shape index (κ1) is 11.6. The van der Waals surface area contributed by atoms with Gasteiger partial charge in [-0.05, 0) is 90.3 Å². The minimum atomic E-state index is 0.416. The van der Waals surface area contributed by atoms with Gasteiger partial charge in [-0.3, -0.25) is 0 Å². The fraction of sp³-hybridized carbons (Fsp3) is 0.263. The standard InChI is InChI=1S/C19H16O/c1-2-3-12-8-13-4-6-15-10-17(20)11-16-7-5-14(9-12)18(13)19(15)16/h8-11,20H,4-7H2,1H3. The van der Waals surface area contributed by atoms with Crippen molar-refractivity contribution >= 4 is 0 Å². The summed E-state index contributed by atoms with van der Waals surface area (Å²) in [5.41, 5.74) is 9.44. The summed E-state index contributed by atoms with van der Waals surface area (Å²) in [5, 5.41) is 9.86. The van der Waals surface area contributed by atoms with Crippen molar-refractivity contribution in [3.8, 4) is 28.7 Å². The molecule has 0 heterocycles. The third kappa shape index (κ3) is 1.58. The third-order valence-electron chi connectivity index (χ3n) is 4.43. The smallest absolute Gasteiger partial charge is 0.116 e. The van der Waals surface area contributed by atoms with Crippen LogP contribution in [0.15, 0.2) is 24.3 Å². The SMILES string of the molecule is CC#Cc1cc2c3c(c1)CCc1cc(O)cc(c1-3)CC2. The van der Waals surface area contributed by atoms with E-state index < -0.39 is 0 Å². The van der Waals surface area contributed by atoms with E-state index in [4.69, 9.17) is 0 Å². The molecule has 2 aliphatic rings. The molecule has 0 fully saturated rings. The van der Waals surface area contributed by atoms with E-state index in [0.29, 0.717) is 5.75 Å². The highest BCUT2D eigenvalue weighted by Gasteiger charge is 2.26. The molecule has 1 N–H and O–H groups in total. The van der Waals surface area contributed by atoms with Gasteiger partial charge in [0, 0.05) is 5.56 Å². The number of phenols is 1. The highest BCUT2D eigenvalue weighted by Crippen LogP contribution is 2.44. The lowest BCUT2D eigenvalue weighted by atomic mass is 9.75. The van der Waals surface area contributed by atoms with E-state index in [-0.39, 0.29) is 0 Å². The molecule has 0 aromatic heterocycles. The molecule has 2 aliphatic carbocycles. The van der Waals surface area contributed by atoms with Crippen molar-refractivity contribution in [2.45, 2.75) is 32.6 Å². The van der Waals surface area contributed by atoms with Gasteiger partial charge in [-0.25, -0.2) is 0 Å². The molecule has 0 saturated carbocycles. The van der Waals surface area contributed by atoms with Crippen LogP contribution >= 0.6 is 0 Å². The number of aryl methyl sites for hydroxylation is 4. The molecule has 0 atom stereocenters. The lowest BCUT2D eigenvalue weighted by Gasteiger charge is -2.29. The summed E-state index contributed by atoms with van der Waals surface area (Å²) in [4.78, 5) is 0. The quantitative estimate of drug-likeness (QED) is 0.717. The second kappa shape index (κ2) is 4.15. The Morgan fingerprint density at radius 1 is 0.800 bits per heavy atom. The molecule has 4 rings (SSSR count). The van der Waals surface area contributed by atoms with Gasteiger partial charge in [0.15, 0.2) is 0 Å². The first-order chi connectivity index (χ1) is 9.76. The number of rotatable bonds is 0. The lowest BCUT2D eigenvalue weighted by molar-refractivity contribution is 0.473. The van der Waals surface area contributed by atoms with Crippen molar-refractivity contribution in [2.75, 3.05) is 0 Å². The van der Waals surface area contributed by atoms with E-state index in [0.717, 1.165) is 31.2 Å². The second-order valence-electron chi connectivity index (χ2n) is 5.68. The van der Waals surface area contributed by atoms with Gasteiger partial charge in [0.1, 0.15) is 5.75 Å². The van der Waals surface area contributed by atoms with Crippen LogP contribution in [0.25, 0.3) is 11.1 Å². The summed E-state index contributed by atoms with van der Waals surface area (Å²) in [6.45, 7) is 1.89. The van der Waals surface area contributed by atoms with Crippen LogP contribution in [0.5, 0.6) is 5.75 Å². The number of phenolic OH excluding ortho intramolecular Hbond substituents is 1. The van der Waals surface area contributed by atoms with Crippen LogP contribution in [0, 0.1) is 11.8 Å². The molecule has 0 spiro atoms. The maximum absolute atomic E-state index is 9.86. The van der Waals surface area contributed by atoms with Gasteiger partial charge in [-0.1, -0.05) is 5.92 Å². The first-order valence-electron chi connectivity index (χ1n) is 7.20. The van der Waals surface area contributed by atoms with Gasteiger partial charge in [-0.15, -0.1) is 5.92 Å². The first-order valence-corrected chi connectivity index (χ1v) is 7.20. The van der Waals surface area contributed by atoms with Crippen LogP contribution in [0.4, 0.5) is 0 Å². The van der Waals surface area contributed by atoms with Crippen LogP contribution in [0.2, 0.25) is 0 Å². The van der Waals surface area contributed by atoms with E-state index in [1.807, 2.05) is 19.1 Å². The Labute approximate surface area is 119 Å². The fourth-order valence-corrected chi connectivity index (χ4v) is 3.70. The number of benzene rings is 2. The zero-order valence-corrected chi connectivity index (χ0v) is 11.6. The summed E-state index contributed by atoms with van der Waals surface area (Å²) < 4.78 is 0.